The number of carbonyl (C=O) groups is 1. The Morgan fingerprint density at radius 1 is 1.33 bits per heavy atom. The molecule has 4 heteroatoms. The molecule has 1 N–H and O–H groups in total. The summed E-state index contributed by atoms with van der Waals surface area (Å²) in [5, 5.41) is 3.09. The van der Waals surface area contributed by atoms with E-state index in [-0.39, 0.29) is 12.0 Å². The quantitative estimate of drug-likeness (QED) is 0.621. The van der Waals surface area contributed by atoms with Crippen molar-refractivity contribution in [1.29, 1.82) is 0 Å². The molecule has 0 fully saturated rings. The molecule has 0 aliphatic heterocycles. The maximum Gasteiger partial charge on any atom is 0.325 e. The first-order valence-electron chi connectivity index (χ1n) is 5.50. The molecule has 1 unspecified atom stereocenters. The van der Waals surface area contributed by atoms with Gasteiger partial charge in [0.05, 0.1) is 13.7 Å². The third-order valence-corrected chi connectivity index (χ3v) is 1.86. The van der Waals surface area contributed by atoms with E-state index < -0.39 is 0 Å². The van der Waals surface area contributed by atoms with Crippen LogP contribution in [-0.2, 0) is 14.3 Å². The van der Waals surface area contributed by atoms with Crippen LogP contribution in [0.2, 0.25) is 0 Å². The lowest BCUT2D eigenvalue weighted by Crippen LogP contribution is -2.42. The number of ether oxygens (including phenoxy) is 2. The number of carbonyl (C=O) groups excluding carboxylic acids is 1. The summed E-state index contributed by atoms with van der Waals surface area (Å²) in [6.07, 6.45) is 0.984. The van der Waals surface area contributed by atoms with Crippen molar-refractivity contribution in [2.75, 3.05) is 26.9 Å². The molecule has 0 spiro atoms. The van der Waals surface area contributed by atoms with E-state index in [2.05, 4.69) is 30.8 Å². The van der Waals surface area contributed by atoms with Crippen molar-refractivity contribution in [3.05, 3.63) is 0 Å². The summed E-state index contributed by atoms with van der Waals surface area (Å²) in [6, 6.07) is -0.339. The van der Waals surface area contributed by atoms with Gasteiger partial charge in [-0.05, 0) is 18.9 Å². The molecule has 0 aromatic rings. The van der Waals surface area contributed by atoms with Crippen molar-refractivity contribution in [3.63, 3.8) is 0 Å². The predicted octanol–water partition coefficient (Wildman–Crippen LogP) is 1.20. The van der Waals surface area contributed by atoms with E-state index in [9.17, 15) is 4.79 Å². The minimum absolute atomic E-state index is 0.257. The zero-order chi connectivity index (χ0) is 11.7. The van der Waals surface area contributed by atoms with E-state index in [1.807, 2.05) is 0 Å². The second-order valence-corrected chi connectivity index (χ2v) is 3.96. The van der Waals surface area contributed by atoms with Crippen LogP contribution in [0.15, 0.2) is 0 Å². The lowest BCUT2D eigenvalue weighted by molar-refractivity contribution is -0.144. The smallest absolute Gasteiger partial charge is 0.325 e. The summed E-state index contributed by atoms with van der Waals surface area (Å²) >= 11 is 0. The molecule has 0 saturated heterocycles. The molecule has 90 valence electrons. The first kappa shape index (κ1) is 14.4. The first-order valence-corrected chi connectivity index (χ1v) is 5.50. The monoisotopic (exact) mass is 217 g/mol. The lowest BCUT2D eigenvalue weighted by atomic mass is 10.2. The molecule has 0 aromatic heterocycles. The molecule has 1 atom stereocenters. The third-order valence-electron chi connectivity index (χ3n) is 1.86. The molecule has 0 aromatic carbocycles. The number of methoxy groups -OCH3 is 1. The average molecular weight is 217 g/mol. The Bertz CT molecular complexity index is 171. The largest absolute Gasteiger partial charge is 0.468 e. The second-order valence-electron chi connectivity index (χ2n) is 3.96. The van der Waals surface area contributed by atoms with Crippen LogP contribution in [0, 0.1) is 5.92 Å². The van der Waals surface area contributed by atoms with Gasteiger partial charge in [0, 0.05) is 6.61 Å². The highest BCUT2D eigenvalue weighted by Gasteiger charge is 2.18. The van der Waals surface area contributed by atoms with Gasteiger partial charge in [0.25, 0.3) is 0 Å². The molecule has 0 saturated carbocycles. The maximum absolute atomic E-state index is 11.3. The Hall–Kier alpha value is -0.610. The van der Waals surface area contributed by atoms with E-state index in [1.54, 1.807) is 0 Å². The highest BCUT2D eigenvalue weighted by Crippen LogP contribution is 1.96. The Kier molecular flexibility index (Phi) is 8.33. The molecule has 0 bridgehead atoms. The van der Waals surface area contributed by atoms with Gasteiger partial charge < -0.3 is 14.8 Å². The van der Waals surface area contributed by atoms with Gasteiger partial charge in [-0.2, -0.15) is 0 Å². The summed E-state index contributed by atoms with van der Waals surface area (Å²) in [5.74, 6) is 0.224. The van der Waals surface area contributed by atoms with Crippen molar-refractivity contribution in [2.24, 2.45) is 5.92 Å². The van der Waals surface area contributed by atoms with Gasteiger partial charge in [-0.1, -0.05) is 20.8 Å². The molecule has 0 radical (unpaired) electrons. The van der Waals surface area contributed by atoms with Crippen LogP contribution < -0.4 is 5.32 Å². The highest BCUT2D eigenvalue weighted by molar-refractivity contribution is 5.75. The Balaban J connectivity index is 3.84. The number of nitrogens with one attached hydrogen (secondary N) is 1. The summed E-state index contributed by atoms with van der Waals surface area (Å²) in [4.78, 5) is 11.3. The fourth-order valence-electron chi connectivity index (χ4n) is 1.09. The van der Waals surface area contributed by atoms with E-state index >= 15 is 0 Å². The number of hydrogen-bond acceptors (Lipinski definition) is 4. The standard InChI is InChI=1S/C11H23NO3/c1-5-6-12-10(11(13)14-4)8-15-7-9(2)3/h9-10,12H,5-8H2,1-4H3. The molecule has 15 heavy (non-hydrogen) atoms. The van der Waals surface area contributed by atoms with Crippen LogP contribution in [0.4, 0.5) is 0 Å². The van der Waals surface area contributed by atoms with Gasteiger partial charge >= 0.3 is 5.97 Å². The molecule has 0 aliphatic rings. The molecule has 0 aliphatic carbocycles. The minimum Gasteiger partial charge on any atom is -0.468 e. The topological polar surface area (TPSA) is 47.6 Å². The normalized spacial score (nSPS) is 12.9. The van der Waals surface area contributed by atoms with Crippen molar-refractivity contribution >= 4 is 5.97 Å². The molecule has 4 nitrogen and oxygen atoms in total. The van der Waals surface area contributed by atoms with Crippen LogP contribution >= 0.6 is 0 Å². The second kappa shape index (κ2) is 8.68. The Morgan fingerprint density at radius 2 is 2.00 bits per heavy atom. The lowest BCUT2D eigenvalue weighted by Gasteiger charge is -2.16. The Labute approximate surface area is 92.3 Å². The fourth-order valence-corrected chi connectivity index (χ4v) is 1.09. The molecule has 0 heterocycles. The van der Waals surface area contributed by atoms with Gasteiger partial charge in [-0.15, -0.1) is 0 Å². The van der Waals surface area contributed by atoms with Crippen LogP contribution in [0.25, 0.3) is 0 Å². The van der Waals surface area contributed by atoms with E-state index in [4.69, 9.17) is 4.74 Å². The van der Waals surface area contributed by atoms with Gasteiger partial charge in [0.2, 0.25) is 0 Å². The summed E-state index contributed by atoms with van der Waals surface area (Å²) in [6.45, 7) is 8.05. The van der Waals surface area contributed by atoms with E-state index in [0.717, 1.165) is 13.0 Å². The van der Waals surface area contributed by atoms with Gasteiger partial charge in [-0.3, -0.25) is 4.79 Å². The van der Waals surface area contributed by atoms with Crippen LogP contribution in [-0.4, -0.2) is 38.9 Å². The van der Waals surface area contributed by atoms with Crippen molar-refractivity contribution in [1.82, 2.24) is 5.32 Å². The summed E-state index contributed by atoms with van der Waals surface area (Å²) in [5.41, 5.74) is 0. The predicted molar refractivity (Wildman–Crippen MR) is 59.8 cm³/mol. The van der Waals surface area contributed by atoms with Crippen LogP contribution in [0.3, 0.4) is 0 Å². The average Bonchev–Trinajstić information content (AvgIpc) is 2.21. The fraction of sp³-hybridized carbons (Fsp3) is 0.909. The van der Waals surface area contributed by atoms with Crippen molar-refractivity contribution in [2.45, 2.75) is 33.2 Å². The summed E-state index contributed by atoms with van der Waals surface area (Å²) < 4.78 is 10.1. The zero-order valence-electron chi connectivity index (χ0n) is 10.2. The SMILES string of the molecule is CCCNC(COCC(C)C)C(=O)OC. The van der Waals surface area contributed by atoms with E-state index in [1.165, 1.54) is 7.11 Å². The van der Waals surface area contributed by atoms with Gasteiger partial charge in [0.1, 0.15) is 6.04 Å². The highest BCUT2D eigenvalue weighted by atomic mass is 16.5. The van der Waals surface area contributed by atoms with Gasteiger partial charge in [0.15, 0.2) is 0 Å². The van der Waals surface area contributed by atoms with E-state index in [0.29, 0.717) is 19.1 Å². The Morgan fingerprint density at radius 3 is 2.47 bits per heavy atom. The number of esters is 1. The maximum atomic E-state index is 11.3. The van der Waals surface area contributed by atoms with Crippen molar-refractivity contribution < 1.29 is 14.3 Å². The minimum atomic E-state index is -0.339. The van der Waals surface area contributed by atoms with Crippen molar-refractivity contribution in [3.8, 4) is 0 Å². The first-order chi connectivity index (χ1) is 7.11. The molecular formula is C11H23NO3. The number of rotatable bonds is 8. The summed E-state index contributed by atoms with van der Waals surface area (Å²) in [7, 11) is 1.39. The third kappa shape index (κ3) is 7.33. The molecule has 0 rings (SSSR count). The molecular weight excluding hydrogens is 194 g/mol. The van der Waals surface area contributed by atoms with Crippen LogP contribution in [0.1, 0.15) is 27.2 Å². The van der Waals surface area contributed by atoms with Crippen LogP contribution in [0.5, 0.6) is 0 Å². The zero-order valence-corrected chi connectivity index (χ0v) is 10.2. The van der Waals surface area contributed by atoms with Gasteiger partial charge in [-0.25, -0.2) is 0 Å². The number of hydrogen-bond donors (Lipinski definition) is 1. The molecule has 0 amide bonds.